The van der Waals surface area contributed by atoms with Gasteiger partial charge in [0.15, 0.2) is 10.9 Å². The number of anilines is 1. The summed E-state index contributed by atoms with van der Waals surface area (Å²) in [7, 11) is 1.52. The molecule has 0 N–H and O–H groups in total. The summed E-state index contributed by atoms with van der Waals surface area (Å²) in [6.07, 6.45) is 7.33. The molecular formula is C17H18N4O2S2. The molecule has 6 nitrogen and oxygen atoms in total. The molecule has 0 aliphatic carbocycles. The summed E-state index contributed by atoms with van der Waals surface area (Å²) < 4.78 is 6.05. The van der Waals surface area contributed by atoms with E-state index in [9.17, 15) is 4.79 Å². The van der Waals surface area contributed by atoms with E-state index in [1.807, 2.05) is 6.07 Å². The fourth-order valence-corrected chi connectivity index (χ4v) is 5.15. The van der Waals surface area contributed by atoms with Gasteiger partial charge in [0.2, 0.25) is 0 Å². The molecule has 1 saturated heterocycles. The van der Waals surface area contributed by atoms with Crippen molar-refractivity contribution in [3.05, 3.63) is 28.9 Å². The van der Waals surface area contributed by atoms with Crippen LogP contribution in [0, 0.1) is 0 Å². The molecule has 1 fully saturated rings. The molecule has 1 aliphatic heterocycles. The molecule has 1 aliphatic rings. The smallest absolute Gasteiger partial charge is 0.316 e. The van der Waals surface area contributed by atoms with E-state index in [1.54, 1.807) is 23.7 Å². The monoisotopic (exact) mass is 374 g/mol. The lowest BCUT2D eigenvalue weighted by Gasteiger charge is -2.25. The minimum atomic E-state index is 0.0727. The van der Waals surface area contributed by atoms with Crippen LogP contribution in [0.15, 0.2) is 18.5 Å². The molecule has 3 aromatic rings. The second kappa shape index (κ2) is 7.05. The average molecular weight is 374 g/mol. The maximum Gasteiger partial charge on any atom is 0.316 e. The van der Waals surface area contributed by atoms with Crippen molar-refractivity contribution in [3.63, 3.8) is 0 Å². The topological polar surface area (TPSA) is 68.2 Å². The minimum absolute atomic E-state index is 0.0727. The number of ether oxygens (including phenoxy) is 1. The Hall–Kier alpha value is -2.06. The van der Waals surface area contributed by atoms with E-state index < -0.39 is 0 Å². The second-order valence-electron chi connectivity index (χ2n) is 6.01. The van der Waals surface area contributed by atoms with Gasteiger partial charge in [-0.25, -0.2) is 15.0 Å². The molecule has 8 heteroatoms. The lowest BCUT2D eigenvalue weighted by atomic mass is 10.1. The van der Waals surface area contributed by atoms with Gasteiger partial charge in [-0.15, -0.1) is 11.3 Å². The van der Waals surface area contributed by atoms with Crippen molar-refractivity contribution in [3.8, 4) is 6.01 Å². The van der Waals surface area contributed by atoms with E-state index in [4.69, 9.17) is 9.72 Å². The van der Waals surface area contributed by atoms with Crippen LogP contribution in [-0.4, -0.2) is 40.9 Å². The molecule has 4 rings (SSSR count). The van der Waals surface area contributed by atoms with Crippen LogP contribution in [-0.2, 0) is 6.42 Å². The summed E-state index contributed by atoms with van der Waals surface area (Å²) in [6.45, 7) is 2.17. The number of nitrogens with zero attached hydrogens (tertiary/aromatic N) is 4. The highest BCUT2D eigenvalue weighted by molar-refractivity contribution is 7.40. The number of carbonyl (C=O) groups excluding carboxylic acids is 1. The lowest BCUT2D eigenvalue weighted by molar-refractivity contribution is 0.0996. The summed E-state index contributed by atoms with van der Waals surface area (Å²) in [6, 6.07) is 2.22. The third kappa shape index (κ3) is 3.50. The number of methoxy groups -OCH3 is 1. The first-order chi connectivity index (χ1) is 12.2. The minimum Gasteiger partial charge on any atom is -0.467 e. The summed E-state index contributed by atoms with van der Waals surface area (Å²) in [5.41, 5.74) is 1.72. The molecule has 0 atom stereocenters. The Morgan fingerprint density at radius 1 is 1.20 bits per heavy atom. The van der Waals surface area contributed by atoms with Crippen LogP contribution in [0.5, 0.6) is 6.01 Å². The first kappa shape index (κ1) is 16.4. The van der Waals surface area contributed by atoms with Crippen molar-refractivity contribution in [2.24, 2.45) is 0 Å². The van der Waals surface area contributed by atoms with Gasteiger partial charge in [0.1, 0.15) is 4.01 Å². The molecule has 0 saturated carbocycles. The Morgan fingerprint density at radius 2 is 1.96 bits per heavy atom. The van der Waals surface area contributed by atoms with Crippen LogP contribution in [0.3, 0.4) is 0 Å². The number of rotatable bonds is 5. The Bertz CT molecular complexity index is 850. The number of ketones is 1. The maximum absolute atomic E-state index is 12.5. The summed E-state index contributed by atoms with van der Waals surface area (Å²) in [4.78, 5) is 28.4. The molecule has 25 heavy (non-hydrogen) atoms. The normalized spacial score (nSPS) is 14.8. The highest BCUT2D eigenvalue weighted by Crippen LogP contribution is 2.36. The first-order valence-corrected chi connectivity index (χ1v) is 9.89. The standard InChI is InChI=1S/C17H18N4O2S2/c1-23-16-18-9-11(10-19-16)7-13(22)14-8-12-15(24-14)25-17(20-12)21-5-3-2-4-6-21/h8-10H,2-7H2,1H3. The molecule has 130 valence electrons. The molecule has 0 amide bonds. The predicted octanol–water partition coefficient (Wildman–Crippen LogP) is 3.57. The predicted molar refractivity (Wildman–Crippen MR) is 100 cm³/mol. The van der Waals surface area contributed by atoms with Gasteiger partial charge < -0.3 is 9.64 Å². The number of aromatic nitrogens is 3. The maximum atomic E-state index is 12.5. The Morgan fingerprint density at radius 3 is 2.64 bits per heavy atom. The largest absolute Gasteiger partial charge is 0.467 e. The van der Waals surface area contributed by atoms with Crippen molar-refractivity contribution >= 4 is 43.1 Å². The number of piperidine rings is 1. The Kier molecular flexibility index (Phi) is 4.63. The van der Waals surface area contributed by atoms with E-state index in [0.29, 0.717) is 6.01 Å². The van der Waals surface area contributed by atoms with Crippen molar-refractivity contribution in [1.29, 1.82) is 0 Å². The molecule has 0 radical (unpaired) electrons. The van der Waals surface area contributed by atoms with Crippen molar-refractivity contribution in [2.45, 2.75) is 25.7 Å². The molecular weight excluding hydrogens is 356 g/mol. The summed E-state index contributed by atoms with van der Waals surface area (Å²) in [5.74, 6) is 0.0727. The first-order valence-electron chi connectivity index (χ1n) is 8.26. The van der Waals surface area contributed by atoms with E-state index >= 15 is 0 Å². The van der Waals surface area contributed by atoms with Crippen molar-refractivity contribution in [2.75, 3.05) is 25.1 Å². The third-order valence-electron chi connectivity index (χ3n) is 4.21. The van der Waals surface area contributed by atoms with Gasteiger partial charge in [0.25, 0.3) is 0 Å². The molecule has 0 spiro atoms. The van der Waals surface area contributed by atoms with Gasteiger partial charge in [0.05, 0.1) is 17.5 Å². The van der Waals surface area contributed by atoms with E-state index in [1.165, 1.54) is 37.7 Å². The van der Waals surface area contributed by atoms with Crippen LogP contribution in [0.25, 0.3) is 9.53 Å². The van der Waals surface area contributed by atoms with E-state index in [0.717, 1.165) is 38.2 Å². The van der Waals surface area contributed by atoms with Gasteiger partial charge in [-0.1, -0.05) is 11.3 Å². The molecule has 4 heterocycles. The van der Waals surface area contributed by atoms with Crippen molar-refractivity contribution in [1.82, 2.24) is 15.0 Å². The fraction of sp³-hybridized carbons (Fsp3) is 0.412. The lowest BCUT2D eigenvalue weighted by Crippen LogP contribution is -2.29. The number of fused-ring (bicyclic) bond motifs is 1. The van der Waals surface area contributed by atoms with Crippen LogP contribution >= 0.6 is 22.7 Å². The van der Waals surface area contributed by atoms with Gasteiger partial charge in [-0.3, -0.25) is 4.79 Å². The van der Waals surface area contributed by atoms with Crippen molar-refractivity contribution < 1.29 is 9.53 Å². The van der Waals surface area contributed by atoms with Crippen LogP contribution in [0.4, 0.5) is 5.13 Å². The summed E-state index contributed by atoms with van der Waals surface area (Å²) >= 11 is 3.22. The highest BCUT2D eigenvalue weighted by Gasteiger charge is 2.18. The van der Waals surface area contributed by atoms with Crippen LogP contribution in [0.1, 0.15) is 34.5 Å². The SMILES string of the molecule is COc1ncc(CC(=O)c2cc3nc(N4CCCCC4)sc3s2)cn1. The Labute approximate surface area is 153 Å². The van der Waals surface area contributed by atoms with Gasteiger partial charge in [-0.05, 0) is 30.9 Å². The van der Waals surface area contributed by atoms with Gasteiger partial charge >= 0.3 is 6.01 Å². The molecule has 0 bridgehead atoms. The number of hydrogen-bond donors (Lipinski definition) is 0. The zero-order valence-electron chi connectivity index (χ0n) is 13.9. The van der Waals surface area contributed by atoms with E-state index in [-0.39, 0.29) is 12.2 Å². The van der Waals surface area contributed by atoms with Gasteiger partial charge in [0, 0.05) is 31.9 Å². The molecule has 0 aromatic carbocycles. The number of thiazole rings is 1. The van der Waals surface area contributed by atoms with Crippen LogP contribution in [0.2, 0.25) is 0 Å². The van der Waals surface area contributed by atoms with Crippen LogP contribution < -0.4 is 9.64 Å². The zero-order valence-corrected chi connectivity index (χ0v) is 15.5. The third-order valence-corrected chi connectivity index (χ3v) is 6.60. The van der Waals surface area contributed by atoms with E-state index in [2.05, 4.69) is 14.9 Å². The molecule has 0 unspecified atom stereocenters. The number of carbonyl (C=O) groups is 1. The fourth-order valence-electron chi connectivity index (χ4n) is 2.89. The molecule has 3 aromatic heterocycles. The highest BCUT2D eigenvalue weighted by atomic mass is 32.2. The summed E-state index contributed by atoms with van der Waals surface area (Å²) in [5, 5.41) is 1.09. The number of hydrogen-bond acceptors (Lipinski definition) is 8. The number of thiophene rings is 1. The average Bonchev–Trinajstić information content (AvgIpc) is 3.22. The Balaban J connectivity index is 1.48. The second-order valence-corrected chi connectivity index (χ2v) is 8.29. The quantitative estimate of drug-likeness (QED) is 0.636. The van der Waals surface area contributed by atoms with Gasteiger partial charge in [-0.2, -0.15) is 0 Å². The number of Topliss-reactive ketones (excluding diaryl/α,β-unsaturated/α-hetero) is 1. The zero-order chi connectivity index (χ0) is 17.2.